The molecule has 2 aliphatic carbocycles. The van der Waals surface area contributed by atoms with Crippen LogP contribution in [0, 0.1) is 5.92 Å². The first-order chi connectivity index (χ1) is 10.1. The van der Waals surface area contributed by atoms with Gasteiger partial charge in [-0.25, -0.2) is 5.06 Å². The molecule has 5 aliphatic rings. The van der Waals surface area contributed by atoms with Crippen LogP contribution in [0.1, 0.15) is 26.2 Å². The van der Waals surface area contributed by atoms with E-state index < -0.39 is 0 Å². The van der Waals surface area contributed by atoms with E-state index in [9.17, 15) is 0 Å². The molecule has 2 saturated heterocycles. The van der Waals surface area contributed by atoms with Gasteiger partial charge in [0.1, 0.15) is 11.1 Å². The number of anilines is 1. The number of rotatable bonds is 1. The van der Waals surface area contributed by atoms with Crippen LogP contribution in [-0.4, -0.2) is 23.9 Å². The van der Waals surface area contributed by atoms with Gasteiger partial charge in [-0.1, -0.05) is 15.9 Å². The molecule has 1 aromatic rings. The fraction of sp³-hybridized carbons (Fsp3) is 0.529. The summed E-state index contributed by atoms with van der Waals surface area (Å²) in [6, 6.07) is 8.44. The molecule has 1 spiro atoms. The number of ether oxygens (including phenoxy) is 1. The standard InChI is InChI=1S/C17H18BrNO2/c1-16-8-11-2-7-15-17(11,12(9-16)10-20-15)19(21-16)14-5-3-13(18)4-6-14/h3-6,9,11,15H,2,7-8,10H2,1H3/t11-,15+,16-,17-/m0/s1. The minimum atomic E-state index is -0.183. The van der Waals surface area contributed by atoms with Crippen LogP contribution in [0.15, 0.2) is 40.4 Å². The maximum absolute atomic E-state index is 6.45. The molecule has 0 N–H and O–H groups in total. The molecule has 3 nitrogen and oxygen atoms in total. The lowest BCUT2D eigenvalue weighted by atomic mass is 9.67. The summed E-state index contributed by atoms with van der Waals surface area (Å²) >= 11 is 3.52. The lowest BCUT2D eigenvalue weighted by Crippen LogP contribution is -2.67. The molecule has 1 saturated carbocycles. The van der Waals surface area contributed by atoms with E-state index in [1.807, 2.05) is 0 Å². The number of fused-ring (bicyclic) bond motifs is 1. The highest BCUT2D eigenvalue weighted by molar-refractivity contribution is 9.10. The topological polar surface area (TPSA) is 21.7 Å². The summed E-state index contributed by atoms with van der Waals surface area (Å²) in [6.45, 7) is 2.98. The largest absolute Gasteiger partial charge is 0.371 e. The molecule has 21 heavy (non-hydrogen) atoms. The van der Waals surface area contributed by atoms with Crippen LogP contribution in [0.25, 0.3) is 0 Å². The van der Waals surface area contributed by atoms with Gasteiger partial charge in [0.25, 0.3) is 0 Å². The summed E-state index contributed by atoms with van der Waals surface area (Å²) in [5, 5.41) is 2.19. The second-order valence-corrected chi connectivity index (χ2v) is 7.86. The first kappa shape index (κ1) is 12.7. The molecule has 3 fully saturated rings. The summed E-state index contributed by atoms with van der Waals surface area (Å²) in [7, 11) is 0. The van der Waals surface area contributed by atoms with Crippen LogP contribution in [0.2, 0.25) is 0 Å². The van der Waals surface area contributed by atoms with E-state index in [0.717, 1.165) is 29.6 Å². The first-order valence-corrected chi connectivity index (χ1v) is 8.50. The van der Waals surface area contributed by atoms with Gasteiger partial charge in [-0.15, -0.1) is 0 Å². The molecule has 0 unspecified atom stereocenters. The Balaban J connectivity index is 1.71. The zero-order valence-electron chi connectivity index (χ0n) is 12.0. The van der Waals surface area contributed by atoms with Gasteiger partial charge in [-0.05, 0) is 68.0 Å². The van der Waals surface area contributed by atoms with Gasteiger partial charge in [0.05, 0.1) is 18.4 Å². The van der Waals surface area contributed by atoms with Crippen molar-refractivity contribution in [2.75, 3.05) is 11.7 Å². The number of hydrogen-bond acceptors (Lipinski definition) is 3. The minimum absolute atomic E-state index is 0.0500. The van der Waals surface area contributed by atoms with Gasteiger partial charge >= 0.3 is 0 Å². The van der Waals surface area contributed by atoms with Crippen molar-refractivity contribution in [1.82, 2.24) is 0 Å². The zero-order valence-corrected chi connectivity index (χ0v) is 13.6. The van der Waals surface area contributed by atoms with Crippen LogP contribution in [0.3, 0.4) is 0 Å². The fourth-order valence-corrected chi connectivity index (χ4v) is 5.25. The number of nitrogens with zero attached hydrogens (tertiary/aromatic N) is 1. The zero-order chi connectivity index (χ0) is 14.2. The minimum Gasteiger partial charge on any atom is -0.371 e. The number of benzene rings is 1. The molecule has 0 amide bonds. The van der Waals surface area contributed by atoms with Crippen molar-refractivity contribution in [2.45, 2.75) is 43.4 Å². The van der Waals surface area contributed by atoms with Crippen molar-refractivity contribution in [2.24, 2.45) is 5.92 Å². The highest BCUT2D eigenvalue weighted by Gasteiger charge is 2.68. The molecule has 110 valence electrons. The molecular weight excluding hydrogens is 330 g/mol. The second kappa shape index (κ2) is 3.92. The molecule has 0 aromatic heterocycles. The maximum atomic E-state index is 6.45. The van der Waals surface area contributed by atoms with Crippen LogP contribution in [0.4, 0.5) is 5.69 Å². The van der Waals surface area contributed by atoms with Crippen molar-refractivity contribution >= 4 is 21.6 Å². The molecule has 1 aromatic carbocycles. The highest BCUT2D eigenvalue weighted by Crippen LogP contribution is 2.61. The third-order valence-corrected chi connectivity index (χ3v) is 6.20. The average molecular weight is 348 g/mol. The fourth-order valence-electron chi connectivity index (χ4n) is 4.99. The molecule has 3 aliphatic heterocycles. The Morgan fingerprint density at radius 1 is 1.24 bits per heavy atom. The van der Waals surface area contributed by atoms with Crippen molar-refractivity contribution < 1.29 is 9.57 Å². The van der Waals surface area contributed by atoms with E-state index in [4.69, 9.17) is 9.57 Å². The molecule has 2 bridgehead atoms. The van der Waals surface area contributed by atoms with Gasteiger partial charge in [0.2, 0.25) is 0 Å². The van der Waals surface area contributed by atoms with E-state index >= 15 is 0 Å². The summed E-state index contributed by atoms with van der Waals surface area (Å²) in [4.78, 5) is 6.45. The first-order valence-electron chi connectivity index (χ1n) is 7.71. The van der Waals surface area contributed by atoms with Gasteiger partial charge in [0.15, 0.2) is 0 Å². The average Bonchev–Trinajstić information content (AvgIpc) is 3.01. The van der Waals surface area contributed by atoms with Crippen LogP contribution < -0.4 is 5.06 Å². The van der Waals surface area contributed by atoms with Crippen LogP contribution in [-0.2, 0) is 9.57 Å². The quantitative estimate of drug-likeness (QED) is 0.720. The molecule has 3 heterocycles. The van der Waals surface area contributed by atoms with Crippen molar-refractivity contribution in [3.63, 3.8) is 0 Å². The highest BCUT2D eigenvalue weighted by atomic mass is 79.9. The normalized spacial score (nSPS) is 43.1. The molecular formula is C17H18BrNO2. The van der Waals surface area contributed by atoms with Crippen LogP contribution >= 0.6 is 15.9 Å². The SMILES string of the molecule is C[C@@]12C=C3CO[C@@H]4CC[C@@H](C1)[C@]34N(c1ccc(Br)cc1)O2. The van der Waals surface area contributed by atoms with E-state index in [-0.39, 0.29) is 17.2 Å². The Morgan fingerprint density at radius 2 is 2.05 bits per heavy atom. The molecule has 0 radical (unpaired) electrons. The van der Waals surface area contributed by atoms with E-state index in [1.54, 1.807) is 0 Å². The Labute approximate surface area is 133 Å². The van der Waals surface area contributed by atoms with Gasteiger partial charge < -0.3 is 4.74 Å². The predicted molar refractivity (Wildman–Crippen MR) is 84.0 cm³/mol. The summed E-state index contributed by atoms with van der Waals surface area (Å²) in [5.74, 6) is 0.646. The van der Waals surface area contributed by atoms with Gasteiger partial charge in [0, 0.05) is 4.47 Å². The molecule has 4 heteroatoms. The van der Waals surface area contributed by atoms with Crippen molar-refractivity contribution in [3.8, 4) is 0 Å². The Kier molecular flexibility index (Phi) is 2.37. The monoisotopic (exact) mass is 347 g/mol. The van der Waals surface area contributed by atoms with E-state index in [1.165, 1.54) is 12.0 Å². The Morgan fingerprint density at radius 3 is 2.86 bits per heavy atom. The van der Waals surface area contributed by atoms with E-state index in [0.29, 0.717) is 5.92 Å². The molecule has 4 atom stereocenters. The summed E-state index contributed by atoms with van der Waals surface area (Å²) < 4.78 is 7.23. The Hall–Kier alpha value is -0.840. The Bertz CT molecular complexity index is 643. The third-order valence-electron chi connectivity index (χ3n) is 5.67. The van der Waals surface area contributed by atoms with E-state index in [2.05, 4.69) is 58.3 Å². The van der Waals surface area contributed by atoms with Gasteiger partial charge in [-0.3, -0.25) is 4.84 Å². The van der Waals surface area contributed by atoms with Crippen molar-refractivity contribution in [3.05, 3.63) is 40.4 Å². The smallest absolute Gasteiger partial charge is 0.120 e. The third kappa shape index (κ3) is 1.46. The summed E-state index contributed by atoms with van der Waals surface area (Å²) in [6.07, 6.45) is 6.12. The summed E-state index contributed by atoms with van der Waals surface area (Å²) in [5.41, 5.74) is 2.35. The number of hydrogen-bond donors (Lipinski definition) is 0. The second-order valence-electron chi connectivity index (χ2n) is 6.95. The molecule has 6 rings (SSSR count). The maximum Gasteiger partial charge on any atom is 0.120 e. The van der Waals surface area contributed by atoms with Crippen LogP contribution in [0.5, 0.6) is 0 Å². The number of halogens is 1. The lowest BCUT2D eigenvalue weighted by Gasteiger charge is -2.58. The predicted octanol–water partition coefficient (Wildman–Crippen LogP) is 3.84. The van der Waals surface area contributed by atoms with Gasteiger partial charge in [-0.2, -0.15) is 0 Å². The number of hydroxylamine groups is 1. The lowest BCUT2D eigenvalue weighted by molar-refractivity contribution is -0.123. The van der Waals surface area contributed by atoms with Crippen molar-refractivity contribution in [1.29, 1.82) is 0 Å².